The van der Waals surface area contributed by atoms with Crippen LogP contribution < -0.4 is 20.7 Å². The summed E-state index contributed by atoms with van der Waals surface area (Å²) in [6, 6.07) is 13.6. The Bertz CT molecular complexity index is 955. The van der Waals surface area contributed by atoms with Gasteiger partial charge in [0.25, 0.3) is 0 Å². The molecule has 2 fully saturated rings. The van der Waals surface area contributed by atoms with Gasteiger partial charge in [0.1, 0.15) is 24.3 Å². The van der Waals surface area contributed by atoms with Gasteiger partial charge in [0.15, 0.2) is 0 Å². The van der Waals surface area contributed by atoms with Crippen molar-refractivity contribution in [2.45, 2.75) is 18.1 Å². The number of aliphatic imine (C=N–C) groups is 2. The van der Waals surface area contributed by atoms with Crippen LogP contribution in [-0.4, -0.2) is 58.1 Å². The molecule has 0 amide bonds. The molecular weight excluding hydrogens is 449 g/mol. The van der Waals surface area contributed by atoms with E-state index in [0.29, 0.717) is 23.2 Å². The lowest BCUT2D eigenvalue weighted by Gasteiger charge is -2.47. The average Bonchev–Trinajstić information content (AvgIpc) is 2.79. The number of anilines is 1. The van der Waals surface area contributed by atoms with Gasteiger partial charge in [-0.15, -0.1) is 0 Å². The van der Waals surface area contributed by atoms with E-state index in [1.807, 2.05) is 18.2 Å². The molecule has 2 atom stereocenters. The Balaban J connectivity index is 1.36. The highest BCUT2D eigenvalue weighted by molar-refractivity contribution is 6.35. The zero-order valence-corrected chi connectivity index (χ0v) is 19.2. The first-order valence-corrected chi connectivity index (χ1v) is 11.4. The summed E-state index contributed by atoms with van der Waals surface area (Å²) in [5, 5.41) is 4.50. The van der Waals surface area contributed by atoms with Crippen molar-refractivity contribution in [1.82, 2.24) is 5.32 Å². The molecule has 0 saturated carbocycles. The van der Waals surface area contributed by atoms with Crippen molar-refractivity contribution in [2.75, 3.05) is 44.2 Å². The molecule has 2 aliphatic rings. The van der Waals surface area contributed by atoms with Crippen LogP contribution in [0.25, 0.3) is 0 Å². The van der Waals surface area contributed by atoms with Crippen LogP contribution >= 0.6 is 23.2 Å². The maximum Gasteiger partial charge on any atom is 0.119 e. The average molecular weight is 476 g/mol. The fourth-order valence-electron chi connectivity index (χ4n) is 4.13. The molecule has 0 spiro atoms. The van der Waals surface area contributed by atoms with Crippen LogP contribution in [0.5, 0.6) is 5.75 Å². The monoisotopic (exact) mass is 475 g/mol. The summed E-state index contributed by atoms with van der Waals surface area (Å²) >= 11 is 12.5. The molecule has 0 aliphatic carbocycles. The highest BCUT2D eigenvalue weighted by Crippen LogP contribution is 2.45. The molecule has 7 nitrogen and oxygen atoms in total. The highest BCUT2D eigenvalue weighted by atomic mass is 35.5. The smallest absolute Gasteiger partial charge is 0.119 e. The van der Waals surface area contributed by atoms with E-state index in [0.717, 1.165) is 43.9 Å². The summed E-state index contributed by atoms with van der Waals surface area (Å²) in [5.74, 6) is 0.824. The molecule has 2 aromatic carbocycles. The summed E-state index contributed by atoms with van der Waals surface area (Å²) in [4.78, 5) is 10.5. The van der Waals surface area contributed by atoms with Gasteiger partial charge in [-0.05, 0) is 36.4 Å². The molecule has 0 bridgehead atoms. The maximum atomic E-state index is 6.46. The van der Waals surface area contributed by atoms with Gasteiger partial charge in [-0.3, -0.25) is 4.99 Å². The number of rotatable bonds is 8. The maximum absolute atomic E-state index is 6.46. The van der Waals surface area contributed by atoms with Gasteiger partial charge < -0.3 is 25.4 Å². The zero-order valence-electron chi connectivity index (χ0n) is 17.7. The van der Waals surface area contributed by atoms with E-state index in [2.05, 4.69) is 32.3 Å². The van der Waals surface area contributed by atoms with Crippen molar-refractivity contribution in [3.05, 3.63) is 58.1 Å². The minimum Gasteiger partial charge on any atom is -0.491 e. The minimum absolute atomic E-state index is 0.0669. The molecule has 4 rings (SSSR count). The van der Waals surface area contributed by atoms with Crippen LogP contribution in [0.4, 0.5) is 5.69 Å². The second-order valence-corrected chi connectivity index (χ2v) is 8.70. The van der Waals surface area contributed by atoms with Gasteiger partial charge >= 0.3 is 0 Å². The number of benzene rings is 2. The summed E-state index contributed by atoms with van der Waals surface area (Å²) < 4.78 is 12.3. The van der Waals surface area contributed by atoms with Crippen LogP contribution in [0.1, 0.15) is 12.0 Å². The Morgan fingerprint density at radius 3 is 2.62 bits per heavy atom. The Hall–Kier alpha value is -2.32. The van der Waals surface area contributed by atoms with Crippen LogP contribution in [0, 0.1) is 0 Å². The fraction of sp³-hybridized carbons (Fsp3) is 0.391. The standard InChI is InChI=1S/C23H27Cl2N5O2/c24-17-1-6-21(22(25)11-17)23(14-28-16-29-15-26)12-20(32-23)13-31-19-4-2-18(3-5-19)30-9-7-27-8-10-30/h1-6,11,15-16,20,27H,7-10,12-14H2,(H2,26,28,29)/t20-,23-/m0/s1. The molecule has 9 heteroatoms. The first-order valence-electron chi connectivity index (χ1n) is 10.6. The normalized spacial score (nSPS) is 23.6. The molecule has 2 aromatic rings. The summed E-state index contributed by atoms with van der Waals surface area (Å²) in [6.07, 6.45) is 3.26. The first kappa shape index (κ1) is 22.9. The molecular formula is C23H27Cl2N5O2. The lowest BCUT2D eigenvalue weighted by molar-refractivity contribution is -0.216. The van der Waals surface area contributed by atoms with E-state index in [1.165, 1.54) is 18.4 Å². The Morgan fingerprint density at radius 2 is 1.94 bits per heavy atom. The van der Waals surface area contributed by atoms with Crippen molar-refractivity contribution in [3.8, 4) is 5.75 Å². The Labute approximate surface area is 198 Å². The summed E-state index contributed by atoms with van der Waals surface area (Å²) in [7, 11) is 0. The van der Waals surface area contributed by atoms with Crippen molar-refractivity contribution in [1.29, 1.82) is 0 Å². The van der Waals surface area contributed by atoms with Crippen LogP contribution in [0.3, 0.4) is 0 Å². The van der Waals surface area contributed by atoms with E-state index in [9.17, 15) is 0 Å². The van der Waals surface area contributed by atoms with Gasteiger partial charge in [0, 0.05) is 53.9 Å². The molecule has 2 aliphatic heterocycles. The van der Waals surface area contributed by atoms with E-state index >= 15 is 0 Å². The molecule has 2 saturated heterocycles. The van der Waals surface area contributed by atoms with Crippen LogP contribution in [0.15, 0.2) is 52.4 Å². The van der Waals surface area contributed by atoms with E-state index < -0.39 is 5.60 Å². The third-order valence-electron chi connectivity index (χ3n) is 5.71. The van der Waals surface area contributed by atoms with Crippen molar-refractivity contribution in [3.63, 3.8) is 0 Å². The third-order valence-corrected chi connectivity index (χ3v) is 6.26. The lowest BCUT2D eigenvalue weighted by atomic mass is 9.82. The number of piperazine rings is 1. The first-order chi connectivity index (χ1) is 15.6. The molecule has 0 radical (unpaired) electrons. The van der Waals surface area contributed by atoms with Gasteiger partial charge in [0.2, 0.25) is 0 Å². The largest absolute Gasteiger partial charge is 0.491 e. The predicted molar refractivity (Wildman–Crippen MR) is 131 cm³/mol. The van der Waals surface area contributed by atoms with E-state index in [-0.39, 0.29) is 6.10 Å². The zero-order chi connectivity index (χ0) is 22.4. The summed E-state index contributed by atoms with van der Waals surface area (Å²) in [5.41, 5.74) is 6.71. The molecule has 3 N–H and O–H groups in total. The van der Waals surface area contributed by atoms with Crippen molar-refractivity contribution >= 4 is 41.6 Å². The Morgan fingerprint density at radius 1 is 1.19 bits per heavy atom. The van der Waals surface area contributed by atoms with Crippen LogP contribution in [-0.2, 0) is 10.3 Å². The quantitative estimate of drug-likeness (QED) is 0.450. The summed E-state index contributed by atoms with van der Waals surface area (Å²) in [6.45, 7) is 4.89. The van der Waals surface area contributed by atoms with Gasteiger partial charge in [-0.1, -0.05) is 29.3 Å². The molecule has 0 unspecified atom stereocenters. The third kappa shape index (κ3) is 5.35. The van der Waals surface area contributed by atoms with Crippen molar-refractivity contribution in [2.24, 2.45) is 15.7 Å². The number of nitrogens with zero attached hydrogens (tertiary/aromatic N) is 3. The highest BCUT2D eigenvalue weighted by Gasteiger charge is 2.48. The minimum atomic E-state index is -0.636. The molecule has 2 heterocycles. The van der Waals surface area contributed by atoms with E-state index in [4.69, 9.17) is 38.4 Å². The fourth-order valence-corrected chi connectivity index (χ4v) is 4.71. The van der Waals surface area contributed by atoms with E-state index in [1.54, 1.807) is 12.1 Å². The van der Waals surface area contributed by atoms with Crippen LogP contribution in [0.2, 0.25) is 10.0 Å². The molecule has 170 valence electrons. The second-order valence-electron chi connectivity index (χ2n) is 7.86. The van der Waals surface area contributed by atoms with Gasteiger partial charge in [0.05, 0.1) is 19.0 Å². The number of hydrogen-bond donors (Lipinski definition) is 2. The van der Waals surface area contributed by atoms with Crippen molar-refractivity contribution < 1.29 is 9.47 Å². The number of nitrogens with one attached hydrogen (secondary N) is 1. The lowest BCUT2D eigenvalue weighted by Crippen LogP contribution is -2.52. The number of hydrogen-bond acceptors (Lipinski definition) is 5. The molecule has 32 heavy (non-hydrogen) atoms. The van der Waals surface area contributed by atoms with Gasteiger partial charge in [-0.25, -0.2) is 4.99 Å². The number of nitrogens with two attached hydrogens (primary N) is 1. The van der Waals surface area contributed by atoms with Gasteiger partial charge in [-0.2, -0.15) is 0 Å². The SMILES string of the molecule is NC=NC=NC[C@]1(c2ccc(Cl)cc2Cl)C[C@@H](COc2ccc(N3CCNCC3)cc2)O1. The number of halogens is 2. The molecule has 0 aromatic heterocycles. The predicted octanol–water partition coefficient (Wildman–Crippen LogP) is 3.48. The second kappa shape index (κ2) is 10.5. The Kier molecular flexibility index (Phi) is 7.52. The number of ether oxygens (including phenoxy) is 2. The topological polar surface area (TPSA) is 84.5 Å².